The van der Waals surface area contributed by atoms with Crippen molar-refractivity contribution in [1.82, 2.24) is 0 Å². The first-order chi connectivity index (χ1) is 11.7. The van der Waals surface area contributed by atoms with Gasteiger partial charge in [-0.05, 0) is 60.1 Å². The van der Waals surface area contributed by atoms with Crippen LogP contribution in [0.15, 0.2) is 48.5 Å². The first-order valence-corrected chi connectivity index (χ1v) is 8.74. The van der Waals surface area contributed by atoms with E-state index in [4.69, 9.17) is 0 Å². The van der Waals surface area contributed by atoms with E-state index in [2.05, 4.69) is 30.3 Å². The summed E-state index contributed by atoms with van der Waals surface area (Å²) in [7, 11) is 0. The number of hydrogen-bond acceptors (Lipinski definition) is 1. The van der Waals surface area contributed by atoms with Crippen molar-refractivity contribution in [3.05, 3.63) is 71.0 Å². The van der Waals surface area contributed by atoms with Crippen LogP contribution < -0.4 is 0 Å². The van der Waals surface area contributed by atoms with Crippen LogP contribution >= 0.6 is 0 Å². The van der Waals surface area contributed by atoms with Crippen molar-refractivity contribution in [3.63, 3.8) is 0 Å². The van der Waals surface area contributed by atoms with E-state index in [1.165, 1.54) is 28.8 Å². The number of carbonyl (C=O) groups is 1. The smallest absolute Gasteiger partial charge is 0.133 e. The molecule has 1 atom stereocenters. The molecule has 2 heteroatoms. The van der Waals surface area contributed by atoms with Gasteiger partial charge in [-0.15, -0.1) is 0 Å². The molecule has 1 nitrogen and oxygen atoms in total. The maximum Gasteiger partial charge on any atom is 0.133 e. The summed E-state index contributed by atoms with van der Waals surface area (Å²) < 4.78 is 13.1. The molecule has 0 heterocycles. The number of halogens is 1. The third kappa shape index (κ3) is 2.71. The highest BCUT2D eigenvalue weighted by molar-refractivity contribution is 5.87. The highest BCUT2D eigenvalue weighted by atomic mass is 19.1. The Labute approximate surface area is 142 Å². The number of benzene rings is 2. The van der Waals surface area contributed by atoms with Crippen LogP contribution in [0.5, 0.6) is 0 Å². The Balaban J connectivity index is 1.76. The summed E-state index contributed by atoms with van der Waals surface area (Å²) in [4.78, 5) is 12.1. The largest absolute Gasteiger partial charge is 0.300 e. The lowest BCUT2D eigenvalue weighted by Gasteiger charge is -2.42. The number of hydrogen-bond donors (Lipinski definition) is 0. The molecule has 0 bridgehead atoms. The van der Waals surface area contributed by atoms with Crippen LogP contribution in [0.25, 0.3) is 11.6 Å². The van der Waals surface area contributed by atoms with E-state index in [0.717, 1.165) is 37.7 Å². The lowest BCUT2D eigenvalue weighted by atomic mass is 9.61. The second-order valence-corrected chi connectivity index (χ2v) is 7.12. The Bertz CT molecular complexity index is 803. The van der Waals surface area contributed by atoms with Crippen LogP contribution in [-0.4, -0.2) is 5.78 Å². The fraction of sp³-hybridized carbons (Fsp3) is 0.318. The van der Waals surface area contributed by atoms with Crippen LogP contribution in [0, 0.1) is 5.82 Å². The molecule has 1 saturated carbocycles. The minimum Gasteiger partial charge on any atom is -0.300 e. The van der Waals surface area contributed by atoms with Gasteiger partial charge in [0.15, 0.2) is 0 Å². The molecule has 1 spiro atoms. The molecule has 0 N–H and O–H groups in total. The fourth-order valence-corrected chi connectivity index (χ4v) is 4.40. The summed E-state index contributed by atoms with van der Waals surface area (Å²) in [5.41, 5.74) is 4.95. The predicted octanol–water partition coefficient (Wildman–Crippen LogP) is 5.54. The zero-order valence-corrected chi connectivity index (χ0v) is 13.7. The molecule has 0 radical (unpaired) electrons. The molecule has 2 aromatic carbocycles. The van der Waals surface area contributed by atoms with E-state index in [0.29, 0.717) is 12.2 Å². The average molecular weight is 320 g/mol. The second kappa shape index (κ2) is 6.01. The van der Waals surface area contributed by atoms with Crippen molar-refractivity contribution in [3.8, 4) is 0 Å². The summed E-state index contributed by atoms with van der Waals surface area (Å²) in [6.45, 7) is 0. The van der Waals surface area contributed by atoms with Gasteiger partial charge in [0.05, 0.1) is 0 Å². The molecule has 2 aromatic rings. The molecule has 24 heavy (non-hydrogen) atoms. The Morgan fingerprint density at radius 2 is 1.75 bits per heavy atom. The number of Topliss-reactive ketones (excluding diaryl/α,β-unsaturated/α-hetero) is 1. The van der Waals surface area contributed by atoms with Crippen molar-refractivity contribution < 1.29 is 9.18 Å². The Kier molecular flexibility index (Phi) is 3.84. The molecule has 122 valence electrons. The van der Waals surface area contributed by atoms with Crippen LogP contribution in [0.2, 0.25) is 0 Å². The minimum absolute atomic E-state index is 0.0338. The average Bonchev–Trinajstić information content (AvgIpc) is 2.60. The molecular formula is C22H21FO. The quantitative estimate of drug-likeness (QED) is 0.674. The summed E-state index contributed by atoms with van der Waals surface area (Å²) in [6.07, 6.45) is 7.71. The molecule has 2 aliphatic carbocycles. The first kappa shape index (κ1) is 15.3. The second-order valence-electron chi connectivity index (χ2n) is 7.12. The number of carbonyl (C=O) groups excluding carboxylic acids is 1. The van der Waals surface area contributed by atoms with Crippen LogP contribution in [0.1, 0.15) is 55.2 Å². The van der Waals surface area contributed by atoms with Crippen LogP contribution in [0.4, 0.5) is 4.39 Å². The summed E-state index contributed by atoms with van der Waals surface area (Å²) in [5, 5.41) is 0. The zero-order chi connectivity index (χ0) is 16.6. The van der Waals surface area contributed by atoms with Crippen LogP contribution in [0.3, 0.4) is 0 Å². The predicted molar refractivity (Wildman–Crippen MR) is 95.1 cm³/mol. The van der Waals surface area contributed by atoms with Gasteiger partial charge >= 0.3 is 0 Å². The van der Waals surface area contributed by atoms with E-state index in [9.17, 15) is 9.18 Å². The number of ketones is 1. The highest BCUT2D eigenvalue weighted by Gasteiger charge is 2.41. The molecule has 0 unspecified atom stereocenters. The van der Waals surface area contributed by atoms with Gasteiger partial charge in [0.2, 0.25) is 0 Å². The lowest BCUT2D eigenvalue weighted by Crippen LogP contribution is -2.36. The van der Waals surface area contributed by atoms with E-state index in [1.807, 2.05) is 12.1 Å². The molecule has 0 amide bonds. The van der Waals surface area contributed by atoms with Crippen LogP contribution in [-0.2, 0) is 10.2 Å². The van der Waals surface area contributed by atoms with Crippen molar-refractivity contribution >= 4 is 17.4 Å². The van der Waals surface area contributed by atoms with E-state index < -0.39 is 0 Å². The molecule has 0 saturated heterocycles. The van der Waals surface area contributed by atoms with Gasteiger partial charge in [-0.2, -0.15) is 0 Å². The van der Waals surface area contributed by atoms with Crippen molar-refractivity contribution in [2.24, 2.45) is 0 Å². The Morgan fingerprint density at radius 3 is 2.54 bits per heavy atom. The van der Waals surface area contributed by atoms with E-state index >= 15 is 0 Å². The highest BCUT2D eigenvalue weighted by Crippen LogP contribution is 2.49. The molecular weight excluding hydrogens is 299 g/mol. The number of allylic oxidation sites excluding steroid dienone is 1. The summed E-state index contributed by atoms with van der Waals surface area (Å²) >= 11 is 0. The SMILES string of the molecule is O=C1CCC[C@]2(CC/C(=C\c3ccc(F)cc3)c3ccccc32)C1. The standard InChI is InChI=1S/C22H21FO/c23-18-9-7-16(8-10-18)14-17-11-13-22(12-3-4-19(24)15-22)21-6-2-1-5-20(17)21/h1-2,5-10,14H,3-4,11-13,15H2/b17-14+/t22-/m0/s1. The molecule has 1 fully saturated rings. The van der Waals surface area contributed by atoms with Crippen molar-refractivity contribution in [1.29, 1.82) is 0 Å². The topological polar surface area (TPSA) is 17.1 Å². The van der Waals surface area contributed by atoms with Crippen molar-refractivity contribution in [2.75, 3.05) is 0 Å². The van der Waals surface area contributed by atoms with Crippen molar-refractivity contribution in [2.45, 2.75) is 43.9 Å². The van der Waals surface area contributed by atoms with Gasteiger partial charge in [0.25, 0.3) is 0 Å². The first-order valence-electron chi connectivity index (χ1n) is 8.74. The van der Waals surface area contributed by atoms with Gasteiger partial charge in [0.1, 0.15) is 11.6 Å². The summed E-state index contributed by atoms with van der Waals surface area (Å²) in [5.74, 6) is 0.197. The van der Waals surface area contributed by atoms with Gasteiger partial charge in [0, 0.05) is 18.3 Å². The normalized spacial score (nSPS) is 25.0. The molecule has 2 aliphatic rings. The number of rotatable bonds is 1. The van der Waals surface area contributed by atoms with E-state index in [1.54, 1.807) is 0 Å². The fourth-order valence-electron chi connectivity index (χ4n) is 4.40. The van der Waals surface area contributed by atoms with Gasteiger partial charge in [-0.3, -0.25) is 4.79 Å². The maximum atomic E-state index is 13.1. The molecule has 0 aromatic heterocycles. The van der Waals surface area contributed by atoms with Gasteiger partial charge in [-0.1, -0.05) is 42.5 Å². The third-order valence-electron chi connectivity index (χ3n) is 5.57. The van der Waals surface area contributed by atoms with E-state index in [-0.39, 0.29) is 11.2 Å². The number of fused-ring (bicyclic) bond motifs is 2. The third-order valence-corrected chi connectivity index (χ3v) is 5.57. The minimum atomic E-state index is -0.208. The Morgan fingerprint density at radius 1 is 0.958 bits per heavy atom. The molecule has 0 aliphatic heterocycles. The summed E-state index contributed by atoms with van der Waals surface area (Å²) in [6, 6.07) is 15.2. The molecule has 4 rings (SSSR count). The maximum absolute atomic E-state index is 13.1. The monoisotopic (exact) mass is 320 g/mol. The van der Waals surface area contributed by atoms with Gasteiger partial charge in [-0.25, -0.2) is 4.39 Å². The zero-order valence-electron chi connectivity index (χ0n) is 13.7. The van der Waals surface area contributed by atoms with Gasteiger partial charge < -0.3 is 0 Å². The lowest BCUT2D eigenvalue weighted by molar-refractivity contribution is -0.122. The Hall–Kier alpha value is -2.22.